The molecule has 2 aromatic carbocycles. The van der Waals surface area contributed by atoms with E-state index in [1.165, 1.54) is 11.1 Å². The number of para-hydroxylation sites is 1. The van der Waals surface area contributed by atoms with E-state index in [1.54, 1.807) is 30.9 Å². The smallest absolute Gasteiger partial charge is 0.246 e. The molecule has 4 rings (SSSR count). The van der Waals surface area contributed by atoms with Crippen LogP contribution in [0.4, 0.5) is 5.69 Å². The number of carbonyl (C=O) groups is 2. The second-order valence-corrected chi connectivity index (χ2v) is 12.5. The number of piperazine rings is 1. The fourth-order valence-corrected chi connectivity index (χ4v) is 6.24. The number of hydrogen-bond donors (Lipinski definition) is 2. The predicted molar refractivity (Wildman–Crippen MR) is 142 cm³/mol. The van der Waals surface area contributed by atoms with Crippen molar-refractivity contribution in [1.29, 1.82) is 0 Å². The van der Waals surface area contributed by atoms with Crippen molar-refractivity contribution in [2.24, 2.45) is 11.8 Å². The molecule has 1 aliphatic heterocycles. The largest absolute Gasteiger partial charge is 0.342 e. The molecule has 8 heteroatoms. The van der Waals surface area contributed by atoms with Gasteiger partial charge < -0.3 is 10.2 Å². The minimum Gasteiger partial charge on any atom is -0.342 e. The Balaban J connectivity index is 1.67. The van der Waals surface area contributed by atoms with E-state index in [4.69, 9.17) is 0 Å². The zero-order valence-corrected chi connectivity index (χ0v) is 22.3. The lowest BCUT2D eigenvalue weighted by Gasteiger charge is -2.44. The van der Waals surface area contributed by atoms with Gasteiger partial charge in [-0.1, -0.05) is 69.2 Å². The highest BCUT2D eigenvalue weighted by Gasteiger charge is 2.47. The van der Waals surface area contributed by atoms with Crippen molar-refractivity contribution in [1.82, 2.24) is 10.2 Å². The quantitative estimate of drug-likeness (QED) is 0.534. The average molecular weight is 512 g/mol. The van der Waals surface area contributed by atoms with E-state index in [-0.39, 0.29) is 30.2 Å². The first-order valence-electron chi connectivity index (χ1n) is 12.9. The molecule has 1 fully saturated rings. The third-order valence-electron chi connectivity index (χ3n) is 7.73. The van der Waals surface area contributed by atoms with Gasteiger partial charge in [-0.05, 0) is 61.3 Å². The maximum absolute atomic E-state index is 14.0. The lowest BCUT2D eigenvalue weighted by molar-refractivity contribution is -0.154. The highest BCUT2D eigenvalue weighted by atomic mass is 32.2. The summed E-state index contributed by atoms with van der Waals surface area (Å²) in [6.45, 7) is 7.48. The van der Waals surface area contributed by atoms with E-state index >= 15 is 0 Å². The third-order valence-corrected chi connectivity index (χ3v) is 9.48. The third kappa shape index (κ3) is 5.14. The molecule has 0 radical (unpaired) electrons. The lowest BCUT2D eigenvalue weighted by Crippen LogP contribution is -2.66. The van der Waals surface area contributed by atoms with Gasteiger partial charge in [-0.25, -0.2) is 8.42 Å². The molecular formula is C28H37N3O4S. The van der Waals surface area contributed by atoms with Gasteiger partial charge >= 0.3 is 0 Å². The molecule has 2 atom stereocenters. The van der Waals surface area contributed by atoms with Crippen LogP contribution in [0, 0.1) is 11.8 Å². The van der Waals surface area contributed by atoms with Crippen LogP contribution in [0.1, 0.15) is 57.2 Å². The van der Waals surface area contributed by atoms with Crippen LogP contribution in [0.25, 0.3) is 0 Å². The molecule has 2 N–H and O–H groups in total. The van der Waals surface area contributed by atoms with Crippen LogP contribution < -0.4 is 10.0 Å². The van der Waals surface area contributed by atoms with Crippen LogP contribution in [0.15, 0.2) is 48.5 Å². The highest BCUT2D eigenvalue weighted by Crippen LogP contribution is 2.34. The molecule has 194 valence electrons. The number of fused-ring (bicyclic) bond motifs is 1. The molecule has 2 aromatic rings. The summed E-state index contributed by atoms with van der Waals surface area (Å²) >= 11 is 0. The molecule has 2 aliphatic rings. The zero-order valence-electron chi connectivity index (χ0n) is 21.5. The Hall–Kier alpha value is -2.87. The van der Waals surface area contributed by atoms with Gasteiger partial charge in [0.25, 0.3) is 0 Å². The molecule has 0 spiro atoms. The van der Waals surface area contributed by atoms with E-state index < -0.39 is 27.4 Å². The van der Waals surface area contributed by atoms with E-state index in [2.05, 4.69) is 22.2 Å². The summed E-state index contributed by atoms with van der Waals surface area (Å²) in [4.78, 5) is 29.3. The molecule has 7 nitrogen and oxygen atoms in total. The van der Waals surface area contributed by atoms with Gasteiger partial charge in [0.05, 0.1) is 10.9 Å². The molecule has 0 aromatic heterocycles. The Kier molecular flexibility index (Phi) is 7.73. The van der Waals surface area contributed by atoms with Crippen LogP contribution in [-0.2, 0) is 39.0 Å². The van der Waals surface area contributed by atoms with E-state index in [0.717, 1.165) is 25.7 Å². The molecule has 36 heavy (non-hydrogen) atoms. The summed E-state index contributed by atoms with van der Waals surface area (Å²) in [6.07, 6.45) is 3.03. The monoisotopic (exact) mass is 511 g/mol. The van der Waals surface area contributed by atoms with Gasteiger partial charge in [-0.2, -0.15) is 0 Å². The van der Waals surface area contributed by atoms with Crippen LogP contribution in [-0.4, -0.2) is 42.5 Å². The second kappa shape index (κ2) is 10.6. The first kappa shape index (κ1) is 26.2. The number of anilines is 1. The minimum atomic E-state index is -3.57. The number of amides is 2. The molecule has 0 saturated carbocycles. The fraction of sp³-hybridized carbons (Fsp3) is 0.500. The molecule has 2 amide bonds. The molecule has 1 heterocycles. The van der Waals surface area contributed by atoms with Gasteiger partial charge in [-0.3, -0.25) is 14.3 Å². The first-order valence-corrected chi connectivity index (χ1v) is 14.5. The maximum atomic E-state index is 14.0. The number of nitrogens with one attached hydrogen (secondary N) is 2. The summed E-state index contributed by atoms with van der Waals surface area (Å²) in [7, 11) is -3.57. The summed E-state index contributed by atoms with van der Waals surface area (Å²) in [6, 6.07) is 14.1. The van der Waals surface area contributed by atoms with E-state index in [1.807, 2.05) is 38.1 Å². The fourth-order valence-electron chi connectivity index (χ4n) is 5.50. The minimum absolute atomic E-state index is 0.00121. The van der Waals surface area contributed by atoms with Crippen molar-refractivity contribution < 1.29 is 18.0 Å². The first-order chi connectivity index (χ1) is 17.2. The van der Waals surface area contributed by atoms with Gasteiger partial charge in [0.1, 0.15) is 12.1 Å². The van der Waals surface area contributed by atoms with Crippen molar-refractivity contribution in [3.63, 3.8) is 0 Å². The van der Waals surface area contributed by atoms with Crippen LogP contribution in [0.3, 0.4) is 0 Å². The zero-order chi connectivity index (χ0) is 26.0. The molecule has 0 bridgehead atoms. The van der Waals surface area contributed by atoms with E-state index in [0.29, 0.717) is 11.3 Å². The van der Waals surface area contributed by atoms with Crippen LogP contribution in [0.2, 0.25) is 0 Å². The summed E-state index contributed by atoms with van der Waals surface area (Å²) in [5.41, 5.74) is 3.57. The van der Waals surface area contributed by atoms with Crippen molar-refractivity contribution in [2.45, 2.75) is 77.3 Å². The Bertz CT molecular complexity index is 1200. The van der Waals surface area contributed by atoms with Gasteiger partial charge in [-0.15, -0.1) is 0 Å². The Labute approximate surface area is 214 Å². The number of nitrogens with zero attached hydrogens (tertiary/aromatic N) is 1. The maximum Gasteiger partial charge on any atom is 0.246 e. The van der Waals surface area contributed by atoms with E-state index in [9.17, 15) is 18.0 Å². The number of carbonyl (C=O) groups excluding carboxylic acids is 2. The van der Waals surface area contributed by atoms with Gasteiger partial charge in [0, 0.05) is 6.54 Å². The topological polar surface area (TPSA) is 95.6 Å². The predicted octanol–water partition coefficient (Wildman–Crippen LogP) is 3.88. The van der Waals surface area contributed by atoms with Crippen molar-refractivity contribution in [3.8, 4) is 0 Å². The molecule has 1 saturated heterocycles. The van der Waals surface area contributed by atoms with Crippen molar-refractivity contribution in [3.05, 3.63) is 65.2 Å². The summed E-state index contributed by atoms with van der Waals surface area (Å²) in [5.74, 6) is -0.204. The SMILES string of the molecule is CCC(CC)[C@@H]1C(=O)N[C@H](C2Cc3ccccc3C2)C(=O)N1Cc1ccccc1NS(=O)(=O)C(C)C. The second-order valence-electron chi connectivity index (χ2n) is 10.3. The summed E-state index contributed by atoms with van der Waals surface area (Å²) in [5, 5.41) is 2.49. The highest BCUT2D eigenvalue weighted by molar-refractivity contribution is 7.93. The number of rotatable bonds is 9. The molecular weight excluding hydrogens is 474 g/mol. The summed E-state index contributed by atoms with van der Waals surface area (Å²) < 4.78 is 27.9. The molecule has 1 aliphatic carbocycles. The van der Waals surface area contributed by atoms with Crippen LogP contribution in [0.5, 0.6) is 0 Å². The number of hydrogen-bond acceptors (Lipinski definition) is 4. The average Bonchev–Trinajstić information content (AvgIpc) is 3.28. The molecule has 0 unspecified atom stereocenters. The van der Waals surface area contributed by atoms with Gasteiger partial charge in [0.15, 0.2) is 0 Å². The van der Waals surface area contributed by atoms with Crippen molar-refractivity contribution >= 4 is 27.5 Å². The van der Waals surface area contributed by atoms with Crippen LogP contribution >= 0.6 is 0 Å². The number of sulfonamides is 1. The standard InChI is InChI=1S/C28H37N3O4S/c1-5-19(6-2)26-27(32)29-25(23-15-20-11-7-8-12-21(20)16-23)28(33)31(26)17-22-13-9-10-14-24(22)30-36(34,35)18(3)4/h7-14,18-19,23,25-26,30H,5-6,15-17H2,1-4H3,(H,29,32)/t25-,26-/m1/s1. The van der Waals surface area contributed by atoms with Crippen molar-refractivity contribution in [2.75, 3.05) is 4.72 Å². The Morgan fingerprint density at radius 3 is 2.14 bits per heavy atom. The lowest BCUT2D eigenvalue weighted by atomic mass is 9.86. The Morgan fingerprint density at radius 2 is 1.56 bits per heavy atom. The van der Waals surface area contributed by atoms with Gasteiger partial charge in [0.2, 0.25) is 21.8 Å². The normalized spacial score (nSPS) is 20.7. The number of benzene rings is 2. The Morgan fingerprint density at radius 1 is 0.972 bits per heavy atom.